The van der Waals surface area contributed by atoms with Gasteiger partial charge in [-0.1, -0.05) is 23.7 Å². The fraction of sp³-hybridized carbons (Fsp3) is 0.0909. The van der Waals surface area contributed by atoms with Gasteiger partial charge in [-0.2, -0.15) is 10.4 Å². The van der Waals surface area contributed by atoms with Crippen molar-refractivity contribution in [3.8, 4) is 17.3 Å². The molecule has 3 nitrogen and oxygen atoms in total. The standard InChI is InChI=1S/C11H7BrClN3/c1-16-11(10(12)9(6-14)15-16)7-2-4-8(13)5-3-7/h2-5H,1H3. The van der Waals surface area contributed by atoms with Crippen molar-refractivity contribution in [2.24, 2.45) is 7.05 Å². The number of nitrogens with zero attached hydrogens (tertiary/aromatic N) is 3. The number of hydrogen-bond donors (Lipinski definition) is 0. The summed E-state index contributed by atoms with van der Waals surface area (Å²) in [5, 5.41) is 13.7. The molecule has 0 fully saturated rings. The molecule has 0 aliphatic carbocycles. The molecule has 5 heteroatoms. The Bertz CT molecular complexity index is 566. The zero-order valence-electron chi connectivity index (χ0n) is 8.41. The first-order valence-electron chi connectivity index (χ1n) is 4.52. The van der Waals surface area contributed by atoms with Crippen LogP contribution in [-0.4, -0.2) is 9.78 Å². The minimum absolute atomic E-state index is 0.382. The molecule has 1 aromatic heterocycles. The van der Waals surface area contributed by atoms with Crippen molar-refractivity contribution in [3.63, 3.8) is 0 Å². The third-order valence-electron chi connectivity index (χ3n) is 2.21. The third-order valence-corrected chi connectivity index (χ3v) is 3.22. The minimum atomic E-state index is 0.382. The Morgan fingerprint density at radius 2 is 2.00 bits per heavy atom. The fourth-order valence-electron chi connectivity index (χ4n) is 1.49. The number of benzene rings is 1. The molecule has 16 heavy (non-hydrogen) atoms. The molecule has 1 heterocycles. The minimum Gasteiger partial charge on any atom is -0.265 e. The second-order valence-electron chi connectivity index (χ2n) is 3.25. The van der Waals surface area contributed by atoms with E-state index in [2.05, 4.69) is 21.0 Å². The van der Waals surface area contributed by atoms with Gasteiger partial charge >= 0.3 is 0 Å². The van der Waals surface area contributed by atoms with Gasteiger partial charge in [-0.25, -0.2) is 0 Å². The first-order valence-corrected chi connectivity index (χ1v) is 5.69. The third kappa shape index (κ3) is 1.84. The molecule has 0 atom stereocenters. The normalized spacial score (nSPS) is 10.1. The van der Waals surface area contributed by atoms with E-state index in [1.54, 1.807) is 11.7 Å². The number of aromatic nitrogens is 2. The molecular formula is C11H7BrClN3. The van der Waals surface area contributed by atoms with Gasteiger partial charge in [0.1, 0.15) is 6.07 Å². The molecular weight excluding hydrogens is 289 g/mol. The Hall–Kier alpha value is -1.31. The average Bonchev–Trinajstić information content (AvgIpc) is 2.56. The summed E-state index contributed by atoms with van der Waals surface area (Å²) >= 11 is 9.20. The molecule has 80 valence electrons. The Kier molecular flexibility index (Phi) is 2.99. The molecule has 0 radical (unpaired) electrons. The predicted molar refractivity (Wildman–Crippen MR) is 66.1 cm³/mol. The van der Waals surface area contributed by atoms with Crippen molar-refractivity contribution in [1.82, 2.24) is 9.78 Å². The van der Waals surface area contributed by atoms with Crippen LogP contribution in [0.4, 0.5) is 0 Å². The summed E-state index contributed by atoms with van der Waals surface area (Å²) in [5.41, 5.74) is 2.22. The first kappa shape index (κ1) is 11.2. The quantitative estimate of drug-likeness (QED) is 0.809. The lowest BCUT2D eigenvalue weighted by Crippen LogP contribution is -1.93. The second-order valence-corrected chi connectivity index (χ2v) is 4.48. The lowest BCUT2D eigenvalue weighted by molar-refractivity contribution is 0.771. The van der Waals surface area contributed by atoms with Crippen molar-refractivity contribution in [2.45, 2.75) is 0 Å². The van der Waals surface area contributed by atoms with Gasteiger partial charge in [0.25, 0.3) is 0 Å². The van der Waals surface area contributed by atoms with Gasteiger partial charge in [-0.3, -0.25) is 4.68 Å². The van der Waals surface area contributed by atoms with Gasteiger partial charge in [-0.05, 0) is 28.1 Å². The maximum Gasteiger partial charge on any atom is 0.177 e. The maximum absolute atomic E-state index is 8.87. The van der Waals surface area contributed by atoms with E-state index in [-0.39, 0.29) is 0 Å². The van der Waals surface area contributed by atoms with E-state index in [4.69, 9.17) is 16.9 Å². The van der Waals surface area contributed by atoms with Crippen LogP contribution in [0.1, 0.15) is 5.69 Å². The van der Waals surface area contributed by atoms with Gasteiger partial charge in [0, 0.05) is 17.6 Å². The van der Waals surface area contributed by atoms with Crippen LogP contribution in [0.25, 0.3) is 11.3 Å². The summed E-state index contributed by atoms with van der Waals surface area (Å²) in [4.78, 5) is 0. The molecule has 0 amide bonds. The SMILES string of the molecule is Cn1nc(C#N)c(Br)c1-c1ccc(Cl)cc1. The van der Waals surface area contributed by atoms with E-state index in [1.165, 1.54) is 0 Å². The molecule has 0 unspecified atom stereocenters. The van der Waals surface area contributed by atoms with E-state index < -0.39 is 0 Å². The largest absolute Gasteiger partial charge is 0.265 e. The van der Waals surface area contributed by atoms with Crippen LogP contribution in [-0.2, 0) is 7.05 Å². The van der Waals surface area contributed by atoms with Gasteiger partial charge in [0.05, 0.1) is 10.2 Å². The van der Waals surface area contributed by atoms with Crippen LogP contribution in [0.5, 0.6) is 0 Å². The van der Waals surface area contributed by atoms with Crippen LogP contribution >= 0.6 is 27.5 Å². The highest BCUT2D eigenvalue weighted by Crippen LogP contribution is 2.30. The number of aryl methyl sites for hydroxylation is 1. The topological polar surface area (TPSA) is 41.6 Å². The highest BCUT2D eigenvalue weighted by atomic mass is 79.9. The summed E-state index contributed by atoms with van der Waals surface area (Å²) in [6.07, 6.45) is 0. The van der Waals surface area contributed by atoms with Crippen LogP contribution < -0.4 is 0 Å². The van der Waals surface area contributed by atoms with E-state index in [1.807, 2.05) is 30.3 Å². The smallest absolute Gasteiger partial charge is 0.177 e. The lowest BCUT2D eigenvalue weighted by Gasteiger charge is -2.02. The second kappa shape index (κ2) is 4.28. The maximum atomic E-state index is 8.87. The number of halogens is 2. The molecule has 0 aliphatic rings. The van der Waals surface area contributed by atoms with Gasteiger partial charge in [0.15, 0.2) is 5.69 Å². The van der Waals surface area contributed by atoms with E-state index >= 15 is 0 Å². The molecule has 0 spiro atoms. The van der Waals surface area contributed by atoms with E-state index in [0.717, 1.165) is 11.3 Å². The number of nitriles is 1. The summed E-state index contributed by atoms with van der Waals surface area (Å²) in [7, 11) is 1.80. The number of hydrogen-bond acceptors (Lipinski definition) is 2. The molecule has 2 rings (SSSR count). The lowest BCUT2D eigenvalue weighted by atomic mass is 10.1. The fourth-order valence-corrected chi connectivity index (χ4v) is 2.27. The number of rotatable bonds is 1. The molecule has 0 saturated carbocycles. The van der Waals surface area contributed by atoms with Crippen LogP contribution in [0, 0.1) is 11.3 Å². The van der Waals surface area contributed by atoms with Gasteiger partial charge in [0.2, 0.25) is 0 Å². The highest BCUT2D eigenvalue weighted by Gasteiger charge is 2.14. The van der Waals surface area contributed by atoms with Crippen LogP contribution in [0.3, 0.4) is 0 Å². The Balaban J connectivity index is 2.61. The Labute approximate surface area is 106 Å². The monoisotopic (exact) mass is 295 g/mol. The van der Waals surface area contributed by atoms with Crippen LogP contribution in [0.2, 0.25) is 5.02 Å². The zero-order chi connectivity index (χ0) is 11.7. The summed E-state index contributed by atoms with van der Waals surface area (Å²) in [6, 6.07) is 9.44. The molecule has 2 aromatic rings. The van der Waals surface area contributed by atoms with E-state index in [0.29, 0.717) is 15.2 Å². The van der Waals surface area contributed by atoms with Crippen molar-refractivity contribution in [1.29, 1.82) is 5.26 Å². The van der Waals surface area contributed by atoms with Crippen molar-refractivity contribution < 1.29 is 0 Å². The summed E-state index contributed by atoms with van der Waals surface area (Å²) < 4.78 is 2.38. The Morgan fingerprint density at radius 3 is 2.50 bits per heavy atom. The van der Waals surface area contributed by atoms with Crippen molar-refractivity contribution in [2.75, 3.05) is 0 Å². The molecule has 0 saturated heterocycles. The zero-order valence-corrected chi connectivity index (χ0v) is 10.7. The molecule has 0 N–H and O–H groups in total. The highest BCUT2D eigenvalue weighted by molar-refractivity contribution is 9.10. The Morgan fingerprint density at radius 1 is 1.38 bits per heavy atom. The molecule has 0 bridgehead atoms. The summed E-state index contributed by atoms with van der Waals surface area (Å²) in [5.74, 6) is 0. The average molecular weight is 297 g/mol. The van der Waals surface area contributed by atoms with Crippen LogP contribution in [0.15, 0.2) is 28.7 Å². The van der Waals surface area contributed by atoms with Gasteiger partial charge < -0.3 is 0 Å². The van der Waals surface area contributed by atoms with Crippen molar-refractivity contribution in [3.05, 3.63) is 39.5 Å². The first-order chi connectivity index (χ1) is 7.63. The van der Waals surface area contributed by atoms with E-state index in [9.17, 15) is 0 Å². The summed E-state index contributed by atoms with van der Waals surface area (Å²) in [6.45, 7) is 0. The molecule has 1 aromatic carbocycles. The van der Waals surface area contributed by atoms with Crippen molar-refractivity contribution >= 4 is 27.5 Å². The van der Waals surface area contributed by atoms with Gasteiger partial charge in [-0.15, -0.1) is 0 Å². The molecule has 0 aliphatic heterocycles. The predicted octanol–water partition coefficient (Wildman–Crippen LogP) is 3.37.